The Morgan fingerprint density at radius 1 is 1.16 bits per heavy atom. The number of halogens is 2. The third kappa shape index (κ3) is 3.62. The Morgan fingerprint density at radius 3 is 2.20 bits per heavy atom. The third-order valence-electron chi connectivity index (χ3n) is 3.75. The lowest BCUT2D eigenvalue weighted by Gasteiger charge is -2.15. The number of benzene rings is 1. The average Bonchev–Trinajstić information content (AvgIpc) is 2.62. The Balaban J connectivity index is 2.91. The number of nitrogens with two attached hydrogens (primary N) is 1. The standard InChI is InChI=1S/C18H21Cl2N3O2/c1-5-6-11-10(9-21)7-12(23-18(11)22-2)15-16(19)13(24-3)8-14(25-4)17(15)20/h6-9H,5,21H2,1-4H3,(H,22,23)/b10-9-,11-6+. The summed E-state index contributed by atoms with van der Waals surface area (Å²) in [5.74, 6) is 1.59. The molecule has 0 radical (unpaired) electrons. The average molecular weight is 382 g/mol. The molecule has 0 aliphatic heterocycles. The number of methoxy groups -OCH3 is 2. The lowest BCUT2D eigenvalue weighted by atomic mass is 10.1. The van der Waals surface area contributed by atoms with Crippen LogP contribution >= 0.6 is 23.2 Å². The summed E-state index contributed by atoms with van der Waals surface area (Å²) in [6.07, 6.45) is 4.44. The minimum atomic E-state index is 0.359. The van der Waals surface area contributed by atoms with Crippen molar-refractivity contribution in [2.75, 3.05) is 26.6 Å². The van der Waals surface area contributed by atoms with Crippen LogP contribution in [0, 0.1) is 0 Å². The smallest absolute Gasteiger partial charge is 0.141 e. The first kappa shape index (κ1) is 19.2. The van der Waals surface area contributed by atoms with E-state index in [-0.39, 0.29) is 0 Å². The quantitative estimate of drug-likeness (QED) is 0.832. The highest BCUT2D eigenvalue weighted by molar-refractivity contribution is 6.41. The van der Waals surface area contributed by atoms with E-state index in [2.05, 4.69) is 16.4 Å². The van der Waals surface area contributed by atoms with E-state index < -0.39 is 0 Å². The van der Waals surface area contributed by atoms with Gasteiger partial charge in [0.05, 0.1) is 30.0 Å². The molecule has 0 bridgehead atoms. The zero-order valence-corrected chi connectivity index (χ0v) is 16.1. The van der Waals surface area contributed by atoms with Crippen LogP contribution in [0.1, 0.15) is 13.3 Å². The monoisotopic (exact) mass is 381 g/mol. The maximum Gasteiger partial charge on any atom is 0.141 e. The van der Waals surface area contributed by atoms with Gasteiger partial charge in [-0.05, 0) is 12.5 Å². The summed E-state index contributed by atoms with van der Waals surface area (Å²) in [6.45, 7) is 2.05. The van der Waals surface area contributed by atoms with Crippen LogP contribution in [0.3, 0.4) is 0 Å². The molecule has 0 aliphatic carbocycles. The predicted octanol–water partition coefficient (Wildman–Crippen LogP) is 3.00. The third-order valence-corrected chi connectivity index (χ3v) is 4.50. The predicted molar refractivity (Wildman–Crippen MR) is 105 cm³/mol. The van der Waals surface area contributed by atoms with Crippen LogP contribution in [0.25, 0.3) is 23.5 Å². The molecular formula is C18H21Cl2N3O2. The van der Waals surface area contributed by atoms with E-state index in [1.54, 1.807) is 13.1 Å². The van der Waals surface area contributed by atoms with Gasteiger partial charge in [-0.25, -0.2) is 4.98 Å². The van der Waals surface area contributed by atoms with Gasteiger partial charge in [0, 0.05) is 35.3 Å². The fourth-order valence-electron chi connectivity index (χ4n) is 2.56. The van der Waals surface area contributed by atoms with Gasteiger partial charge in [-0.15, -0.1) is 0 Å². The van der Waals surface area contributed by atoms with Crippen LogP contribution < -0.4 is 31.0 Å². The molecule has 1 aromatic heterocycles. The minimum absolute atomic E-state index is 0.359. The molecule has 1 heterocycles. The summed E-state index contributed by atoms with van der Waals surface area (Å²) in [6, 6.07) is 3.48. The summed E-state index contributed by atoms with van der Waals surface area (Å²) in [4.78, 5) is 4.66. The van der Waals surface area contributed by atoms with Gasteiger partial charge in [0.1, 0.15) is 17.3 Å². The summed E-state index contributed by atoms with van der Waals surface area (Å²) >= 11 is 13.0. The first-order valence-electron chi connectivity index (χ1n) is 7.73. The second-order valence-corrected chi connectivity index (χ2v) is 5.93. The summed E-state index contributed by atoms with van der Waals surface area (Å²) in [7, 11) is 4.86. The first-order valence-corrected chi connectivity index (χ1v) is 8.49. The second kappa shape index (κ2) is 8.32. The minimum Gasteiger partial charge on any atom is -0.495 e. The topological polar surface area (TPSA) is 69.4 Å². The maximum absolute atomic E-state index is 6.50. The highest BCUT2D eigenvalue weighted by Gasteiger charge is 2.20. The van der Waals surface area contributed by atoms with E-state index in [0.29, 0.717) is 38.6 Å². The number of aromatic nitrogens is 1. The molecule has 2 aromatic rings. The van der Waals surface area contributed by atoms with Crippen LogP contribution in [0.15, 0.2) is 12.1 Å². The Hall–Kier alpha value is -2.11. The Bertz CT molecular complexity index is 870. The molecule has 25 heavy (non-hydrogen) atoms. The van der Waals surface area contributed by atoms with Crippen LogP contribution in [0.4, 0.5) is 5.82 Å². The molecule has 0 fully saturated rings. The molecule has 0 amide bonds. The second-order valence-electron chi connectivity index (χ2n) is 5.17. The van der Waals surface area contributed by atoms with Crippen LogP contribution in [-0.2, 0) is 0 Å². The van der Waals surface area contributed by atoms with E-state index in [9.17, 15) is 0 Å². The van der Waals surface area contributed by atoms with Gasteiger partial charge in [-0.3, -0.25) is 0 Å². The zero-order valence-electron chi connectivity index (χ0n) is 14.6. The molecule has 0 saturated carbocycles. The van der Waals surface area contributed by atoms with E-state index in [1.165, 1.54) is 20.4 Å². The number of ether oxygens (including phenoxy) is 2. The number of hydrogen-bond acceptors (Lipinski definition) is 5. The molecule has 0 saturated heterocycles. The van der Waals surface area contributed by atoms with E-state index in [0.717, 1.165) is 16.9 Å². The van der Waals surface area contributed by atoms with Crippen LogP contribution in [-0.4, -0.2) is 26.3 Å². The maximum atomic E-state index is 6.50. The molecule has 134 valence electrons. The van der Waals surface area contributed by atoms with Crippen molar-refractivity contribution in [1.29, 1.82) is 0 Å². The molecule has 3 N–H and O–H groups in total. The Kier molecular flexibility index (Phi) is 6.39. The van der Waals surface area contributed by atoms with Gasteiger partial charge in [-0.1, -0.05) is 36.2 Å². The number of pyridine rings is 1. The molecule has 0 atom stereocenters. The number of rotatable bonds is 5. The van der Waals surface area contributed by atoms with Gasteiger partial charge >= 0.3 is 0 Å². The lowest BCUT2D eigenvalue weighted by Crippen LogP contribution is -2.30. The molecule has 1 aromatic carbocycles. The molecular weight excluding hydrogens is 361 g/mol. The molecule has 0 spiro atoms. The van der Waals surface area contributed by atoms with Gasteiger partial charge in [0.15, 0.2) is 0 Å². The van der Waals surface area contributed by atoms with Gasteiger partial charge in [0.25, 0.3) is 0 Å². The molecule has 0 aliphatic rings. The van der Waals surface area contributed by atoms with Gasteiger partial charge < -0.3 is 20.5 Å². The van der Waals surface area contributed by atoms with Crippen molar-refractivity contribution >= 4 is 41.3 Å². The number of nitrogens with zero attached hydrogens (tertiary/aromatic N) is 1. The summed E-state index contributed by atoms with van der Waals surface area (Å²) in [5, 5.41) is 5.57. The van der Waals surface area contributed by atoms with Crippen molar-refractivity contribution in [3.05, 3.63) is 32.6 Å². The Morgan fingerprint density at radius 2 is 1.76 bits per heavy atom. The van der Waals surface area contributed by atoms with Crippen molar-refractivity contribution in [2.24, 2.45) is 5.73 Å². The fourth-order valence-corrected chi connectivity index (χ4v) is 3.25. The van der Waals surface area contributed by atoms with Crippen LogP contribution in [0.5, 0.6) is 11.5 Å². The van der Waals surface area contributed by atoms with Gasteiger partial charge in [-0.2, -0.15) is 0 Å². The fraction of sp³-hybridized carbons (Fsp3) is 0.278. The molecule has 5 nitrogen and oxygen atoms in total. The van der Waals surface area contributed by atoms with Crippen molar-refractivity contribution < 1.29 is 9.47 Å². The highest BCUT2D eigenvalue weighted by atomic mass is 35.5. The number of nitrogens with one attached hydrogen (secondary N) is 1. The molecule has 2 rings (SSSR count). The lowest BCUT2D eigenvalue weighted by molar-refractivity contribution is 0.395. The van der Waals surface area contributed by atoms with Crippen molar-refractivity contribution in [1.82, 2.24) is 4.98 Å². The SMILES string of the molecule is CC/C=c1/c(NC)nc(-c2c(Cl)c(OC)cc(OC)c2Cl)c/c1=C/N. The van der Waals surface area contributed by atoms with Gasteiger partial charge in [0.2, 0.25) is 0 Å². The normalized spacial score (nSPS) is 12.4. The number of hydrogen-bond donors (Lipinski definition) is 2. The van der Waals surface area contributed by atoms with E-state index >= 15 is 0 Å². The number of anilines is 1. The van der Waals surface area contributed by atoms with E-state index in [1.807, 2.05) is 13.0 Å². The zero-order chi connectivity index (χ0) is 18.6. The van der Waals surface area contributed by atoms with Crippen molar-refractivity contribution in [2.45, 2.75) is 13.3 Å². The summed E-state index contributed by atoms with van der Waals surface area (Å²) in [5.41, 5.74) is 6.92. The highest BCUT2D eigenvalue weighted by Crippen LogP contribution is 2.45. The first-order chi connectivity index (χ1) is 12.0. The van der Waals surface area contributed by atoms with E-state index in [4.69, 9.17) is 38.4 Å². The summed E-state index contributed by atoms with van der Waals surface area (Å²) < 4.78 is 10.7. The van der Waals surface area contributed by atoms with Crippen LogP contribution in [0.2, 0.25) is 10.0 Å². The van der Waals surface area contributed by atoms with Crippen molar-refractivity contribution in [3.63, 3.8) is 0 Å². The van der Waals surface area contributed by atoms with Crippen molar-refractivity contribution in [3.8, 4) is 22.8 Å². The largest absolute Gasteiger partial charge is 0.495 e. The Labute approximate surface area is 157 Å². The molecule has 0 unspecified atom stereocenters. The molecule has 7 heteroatoms.